The van der Waals surface area contributed by atoms with E-state index in [2.05, 4.69) is 13.0 Å². The van der Waals surface area contributed by atoms with E-state index in [-0.39, 0.29) is 11.5 Å². The van der Waals surface area contributed by atoms with Gasteiger partial charge in [0.25, 0.3) is 0 Å². The van der Waals surface area contributed by atoms with Gasteiger partial charge in [-0.15, -0.1) is 0 Å². The lowest BCUT2D eigenvalue weighted by Crippen LogP contribution is -2.44. The molecule has 2 saturated heterocycles. The predicted octanol–water partition coefficient (Wildman–Crippen LogP) is 4.12. The first-order valence-electron chi connectivity index (χ1n) is 8.08. The Balaban J connectivity index is 1.78. The van der Waals surface area contributed by atoms with E-state index in [0.717, 1.165) is 44.3 Å². The molecular weight excluding hydrogens is 280 g/mol. The summed E-state index contributed by atoms with van der Waals surface area (Å²) in [6.07, 6.45) is 4.94. The minimum Gasteiger partial charge on any atom is -0.375 e. The van der Waals surface area contributed by atoms with Crippen molar-refractivity contribution in [1.29, 1.82) is 0 Å². The highest BCUT2D eigenvalue weighted by Gasteiger charge is 2.41. The van der Waals surface area contributed by atoms with Crippen molar-refractivity contribution < 1.29 is 9.53 Å². The average molecular weight is 304 g/mol. The standard InChI is InChI=1S/C18H24O2S/c1-2-14-5-3-4-6-16(14)17(19)15-7-10-20-18(13-15)8-11-21-12-9-18/h3-6,15H,2,7-13H2,1H3. The number of ether oxygens (including phenoxy) is 1. The molecule has 1 atom stereocenters. The third-order valence-corrected chi connectivity index (χ3v) is 5.92. The van der Waals surface area contributed by atoms with Crippen LogP contribution in [-0.2, 0) is 11.2 Å². The topological polar surface area (TPSA) is 26.3 Å². The van der Waals surface area contributed by atoms with Gasteiger partial charge in [-0.05, 0) is 49.2 Å². The highest BCUT2D eigenvalue weighted by Crippen LogP contribution is 2.40. The summed E-state index contributed by atoms with van der Waals surface area (Å²) in [5, 5.41) is 0. The number of hydrogen-bond acceptors (Lipinski definition) is 3. The van der Waals surface area contributed by atoms with Crippen molar-refractivity contribution in [3.05, 3.63) is 35.4 Å². The van der Waals surface area contributed by atoms with Gasteiger partial charge < -0.3 is 4.74 Å². The van der Waals surface area contributed by atoms with Gasteiger partial charge in [0.05, 0.1) is 5.60 Å². The molecule has 2 heterocycles. The third-order valence-electron chi connectivity index (χ3n) is 4.93. The van der Waals surface area contributed by atoms with Crippen LogP contribution in [-0.4, -0.2) is 29.5 Å². The minimum absolute atomic E-state index is 0.00894. The summed E-state index contributed by atoms with van der Waals surface area (Å²) >= 11 is 2.01. The first-order valence-corrected chi connectivity index (χ1v) is 9.23. The average Bonchev–Trinajstić information content (AvgIpc) is 2.55. The molecular formula is C18H24O2S. The second-order valence-electron chi connectivity index (χ2n) is 6.21. The second kappa shape index (κ2) is 6.53. The number of carbonyl (C=O) groups is 1. The quantitative estimate of drug-likeness (QED) is 0.786. The molecule has 3 heteroatoms. The van der Waals surface area contributed by atoms with Gasteiger partial charge in [-0.25, -0.2) is 0 Å². The molecule has 1 unspecified atom stereocenters. The molecule has 0 saturated carbocycles. The summed E-state index contributed by atoms with van der Waals surface area (Å²) in [4.78, 5) is 12.9. The van der Waals surface area contributed by atoms with Crippen molar-refractivity contribution in [1.82, 2.24) is 0 Å². The molecule has 2 aliphatic heterocycles. The van der Waals surface area contributed by atoms with Crippen molar-refractivity contribution in [3.8, 4) is 0 Å². The van der Waals surface area contributed by atoms with Crippen LogP contribution < -0.4 is 0 Å². The van der Waals surface area contributed by atoms with E-state index in [4.69, 9.17) is 4.74 Å². The Hall–Kier alpha value is -0.800. The molecule has 0 bridgehead atoms. The SMILES string of the molecule is CCc1ccccc1C(=O)C1CCOC2(CCSCC2)C1. The predicted molar refractivity (Wildman–Crippen MR) is 88.1 cm³/mol. The summed E-state index contributed by atoms with van der Waals surface area (Å²) in [5.74, 6) is 2.83. The van der Waals surface area contributed by atoms with Gasteiger partial charge in [-0.3, -0.25) is 4.79 Å². The van der Waals surface area contributed by atoms with Gasteiger partial charge in [-0.2, -0.15) is 11.8 Å². The number of carbonyl (C=O) groups excluding carboxylic acids is 1. The van der Waals surface area contributed by atoms with Gasteiger partial charge in [0, 0.05) is 18.1 Å². The van der Waals surface area contributed by atoms with Gasteiger partial charge in [-0.1, -0.05) is 31.2 Å². The van der Waals surface area contributed by atoms with E-state index in [1.54, 1.807) is 0 Å². The Morgan fingerprint density at radius 1 is 1.33 bits per heavy atom. The molecule has 0 aliphatic carbocycles. The van der Waals surface area contributed by atoms with Crippen LogP contribution in [0.25, 0.3) is 0 Å². The van der Waals surface area contributed by atoms with E-state index >= 15 is 0 Å². The summed E-state index contributed by atoms with van der Waals surface area (Å²) in [6, 6.07) is 8.10. The number of Topliss-reactive ketones (excluding diaryl/α,β-unsaturated/α-hetero) is 1. The van der Waals surface area contributed by atoms with Crippen molar-refractivity contribution in [3.63, 3.8) is 0 Å². The Morgan fingerprint density at radius 3 is 2.86 bits per heavy atom. The van der Waals surface area contributed by atoms with Gasteiger partial charge in [0.2, 0.25) is 0 Å². The van der Waals surface area contributed by atoms with Crippen LogP contribution >= 0.6 is 11.8 Å². The number of aryl methyl sites for hydroxylation is 1. The molecule has 0 N–H and O–H groups in total. The third kappa shape index (κ3) is 3.19. The smallest absolute Gasteiger partial charge is 0.166 e. The summed E-state index contributed by atoms with van der Waals surface area (Å²) in [5.41, 5.74) is 2.11. The highest BCUT2D eigenvalue weighted by molar-refractivity contribution is 7.99. The van der Waals surface area contributed by atoms with E-state index < -0.39 is 0 Å². The fourth-order valence-electron chi connectivity index (χ4n) is 3.63. The van der Waals surface area contributed by atoms with Gasteiger partial charge in [0.1, 0.15) is 0 Å². The zero-order valence-corrected chi connectivity index (χ0v) is 13.6. The van der Waals surface area contributed by atoms with Crippen molar-refractivity contribution in [2.24, 2.45) is 5.92 Å². The number of benzene rings is 1. The lowest BCUT2D eigenvalue weighted by molar-refractivity contribution is -0.0959. The summed E-state index contributed by atoms with van der Waals surface area (Å²) in [7, 11) is 0. The fourth-order valence-corrected chi connectivity index (χ4v) is 4.87. The molecule has 0 amide bonds. The number of thioether (sulfide) groups is 1. The molecule has 0 aromatic heterocycles. The lowest BCUT2D eigenvalue weighted by atomic mass is 9.78. The van der Waals surface area contributed by atoms with E-state index in [9.17, 15) is 4.79 Å². The number of rotatable bonds is 3. The Labute approximate surface area is 131 Å². The molecule has 1 spiro atoms. The minimum atomic E-state index is -0.00894. The lowest BCUT2D eigenvalue weighted by Gasteiger charge is -2.43. The molecule has 2 fully saturated rings. The molecule has 1 aromatic rings. The largest absolute Gasteiger partial charge is 0.375 e. The maximum absolute atomic E-state index is 12.9. The Morgan fingerprint density at radius 2 is 2.10 bits per heavy atom. The van der Waals surface area contributed by atoms with Gasteiger partial charge >= 0.3 is 0 Å². The maximum atomic E-state index is 12.9. The van der Waals surface area contributed by atoms with Crippen LogP contribution in [0.1, 0.15) is 48.5 Å². The van der Waals surface area contributed by atoms with Crippen LogP contribution in [0.3, 0.4) is 0 Å². The fraction of sp³-hybridized carbons (Fsp3) is 0.611. The Bertz CT molecular complexity index is 500. The molecule has 0 radical (unpaired) electrons. The molecule has 3 rings (SSSR count). The maximum Gasteiger partial charge on any atom is 0.166 e. The molecule has 2 aliphatic rings. The number of hydrogen-bond donors (Lipinski definition) is 0. The monoisotopic (exact) mass is 304 g/mol. The summed E-state index contributed by atoms with van der Waals surface area (Å²) < 4.78 is 6.11. The zero-order chi connectivity index (χ0) is 14.7. The van der Waals surface area contributed by atoms with Crippen LogP contribution in [0.2, 0.25) is 0 Å². The van der Waals surface area contributed by atoms with Crippen molar-refractivity contribution >= 4 is 17.5 Å². The summed E-state index contributed by atoms with van der Waals surface area (Å²) in [6.45, 7) is 2.87. The molecule has 2 nitrogen and oxygen atoms in total. The van der Waals surface area contributed by atoms with Gasteiger partial charge in [0.15, 0.2) is 5.78 Å². The van der Waals surface area contributed by atoms with Crippen LogP contribution in [0, 0.1) is 5.92 Å². The second-order valence-corrected chi connectivity index (χ2v) is 7.43. The van der Waals surface area contributed by atoms with E-state index in [0.29, 0.717) is 5.78 Å². The first kappa shape index (κ1) is 15.1. The van der Waals surface area contributed by atoms with E-state index in [1.165, 1.54) is 17.1 Å². The molecule has 114 valence electrons. The normalized spacial score (nSPS) is 24.9. The van der Waals surface area contributed by atoms with Crippen molar-refractivity contribution in [2.45, 2.75) is 44.6 Å². The van der Waals surface area contributed by atoms with Crippen molar-refractivity contribution in [2.75, 3.05) is 18.1 Å². The van der Waals surface area contributed by atoms with Crippen LogP contribution in [0.15, 0.2) is 24.3 Å². The molecule has 1 aromatic carbocycles. The molecule has 21 heavy (non-hydrogen) atoms. The zero-order valence-electron chi connectivity index (χ0n) is 12.8. The van der Waals surface area contributed by atoms with Crippen LogP contribution in [0.4, 0.5) is 0 Å². The van der Waals surface area contributed by atoms with Crippen LogP contribution in [0.5, 0.6) is 0 Å². The first-order chi connectivity index (χ1) is 10.2. The van der Waals surface area contributed by atoms with E-state index in [1.807, 2.05) is 30.0 Å². The number of ketones is 1. The highest BCUT2D eigenvalue weighted by atomic mass is 32.2. The Kier molecular flexibility index (Phi) is 4.70.